The Labute approximate surface area is 113 Å². The minimum atomic E-state index is -1.03. The Hall–Kier alpha value is -1.42. The molecule has 1 aromatic rings. The normalized spacial score (nSPS) is 11.6. The summed E-state index contributed by atoms with van der Waals surface area (Å²) in [6, 6.07) is 3.90. The van der Waals surface area contributed by atoms with Crippen molar-refractivity contribution in [2.45, 2.75) is 52.1 Å². The Morgan fingerprint density at radius 2 is 1.84 bits per heavy atom. The number of benzene rings is 1. The van der Waals surface area contributed by atoms with E-state index in [4.69, 9.17) is 5.11 Å². The maximum atomic E-state index is 13.7. The number of rotatable bonds is 7. The average molecular weight is 267 g/mol. The van der Waals surface area contributed by atoms with E-state index in [1.54, 1.807) is 0 Å². The molecule has 0 spiro atoms. The molecule has 0 atom stereocenters. The molecule has 0 unspecified atom stereocenters. The lowest BCUT2D eigenvalue weighted by molar-refractivity contribution is 0.0696. The summed E-state index contributed by atoms with van der Waals surface area (Å²) < 4.78 is 13.7. The van der Waals surface area contributed by atoms with E-state index < -0.39 is 5.97 Å². The Balaban J connectivity index is 2.87. The molecule has 1 aromatic carbocycles. The second-order valence-corrected chi connectivity index (χ2v) is 4.81. The number of carboxylic acid groups (broad SMARTS) is 1. The SMILES string of the molecule is CCC(CC)(CC)NCc1cc(C(=O)O)ccc1F. The van der Waals surface area contributed by atoms with Crippen LogP contribution in [0.2, 0.25) is 0 Å². The molecule has 0 aromatic heterocycles. The van der Waals surface area contributed by atoms with Crippen LogP contribution in [0.25, 0.3) is 0 Å². The highest BCUT2D eigenvalue weighted by Crippen LogP contribution is 2.21. The zero-order valence-corrected chi connectivity index (χ0v) is 11.8. The van der Waals surface area contributed by atoms with E-state index in [0.717, 1.165) is 19.3 Å². The molecule has 19 heavy (non-hydrogen) atoms. The first-order valence-electron chi connectivity index (χ1n) is 6.74. The average Bonchev–Trinajstić information content (AvgIpc) is 2.42. The Morgan fingerprint density at radius 3 is 2.32 bits per heavy atom. The fourth-order valence-electron chi connectivity index (χ4n) is 2.25. The zero-order valence-electron chi connectivity index (χ0n) is 11.8. The van der Waals surface area contributed by atoms with E-state index in [1.165, 1.54) is 18.2 Å². The van der Waals surface area contributed by atoms with E-state index in [0.29, 0.717) is 12.1 Å². The van der Waals surface area contributed by atoms with Gasteiger partial charge in [-0.05, 0) is 37.5 Å². The van der Waals surface area contributed by atoms with Gasteiger partial charge in [0, 0.05) is 17.6 Å². The highest BCUT2D eigenvalue weighted by Gasteiger charge is 2.23. The van der Waals surface area contributed by atoms with Gasteiger partial charge in [-0.1, -0.05) is 20.8 Å². The molecule has 3 nitrogen and oxygen atoms in total. The predicted molar refractivity (Wildman–Crippen MR) is 73.8 cm³/mol. The highest BCUT2D eigenvalue weighted by atomic mass is 19.1. The standard InChI is InChI=1S/C15H22FNO2/c1-4-15(5-2,6-3)17-10-12-9-11(14(18)19)7-8-13(12)16/h7-9,17H,4-6,10H2,1-3H3,(H,18,19). The Bertz CT molecular complexity index is 434. The summed E-state index contributed by atoms with van der Waals surface area (Å²) in [5, 5.41) is 12.3. The molecule has 106 valence electrons. The van der Waals surface area contributed by atoms with Crippen LogP contribution in [0.3, 0.4) is 0 Å². The van der Waals surface area contributed by atoms with Gasteiger partial charge in [-0.3, -0.25) is 0 Å². The molecule has 0 saturated carbocycles. The third-order valence-corrected chi connectivity index (χ3v) is 3.98. The molecule has 0 fully saturated rings. The lowest BCUT2D eigenvalue weighted by atomic mass is 9.89. The van der Waals surface area contributed by atoms with E-state index >= 15 is 0 Å². The van der Waals surface area contributed by atoms with Crippen LogP contribution in [0.15, 0.2) is 18.2 Å². The van der Waals surface area contributed by atoms with Crippen LogP contribution in [0.1, 0.15) is 56.0 Å². The lowest BCUT2D eigenvalue weighted by Gasteiger charge is -2.32. The molecule has 0 saturated heterocycles. The first kappa shape index (κ1) is 15.6. The quantitative estimate of drug-likeness (QED) is 0.793. The molecular weight excluding hydrogens is 245 g/mol. The van der Waals surface area contributed by atoms with Gasteiger partial charge in [0.15, 0.2) is 0 Å². The molecule has 0 aliphatic heterocycles. The van der Waals surface area contributed by atoms with Crippen LogP contribution < -0.4 is 5.32 Å². The van der Waals surface area contributed by atoms with Gasteiger partial charge in [0.2, 0.25) is 0 Å². The minimum Gasteiger partial charge on any atom is -0.478 e. The number of hydrogen-bond acceptors (Lipinski definition) is 2. The summed E-state index contributed by atoms with van der Waals surface area (Å²) in [4.78, 5) is 10.9. The molecule has 0 aliphatic carbocycles. The van der Waals surface area contributed by atoms with Gasteiger partial charge < -0.3 is 10.4 Å². The Kier molecular flexibility index (Phi) is 5.48. The van der Waals surface area contributed by atoms with Crippen molar-refractivity contribution in [2.24, 2.45) is 0 Å². The second-order valence-electron chi connectivity index (χ2n) is 4.81. The van der Waals surface area contributed by atoms with Crippen LogP contribution in [-0.2, 0) is 6.54 Å². The first-order valence-corrected chi connectivity index (χ1v) is 6.74. The smallest absolute Gasteiger partial charge is 0.335 e. The number of nitrogens with one attached hydrogen (secondary N) is 1. The van der Waals surface area contributed by atoms with E-state index in [2.05, 4.69) is 26.1 Å². The first-order chi connectivity index (χ1) is 8.98. The van der Waals surface area contributed by atoms with Crippen molar-refractivity contribution in [1.82, 2.24) is 5.32 Å². The number of carbonyl (C=O) groups is 1. The fourth-order valence-corrected chi connectivity index (χ4v) is 2.25. The lowest BCUT2D eigenvalue weighted by Crippen LogP contribution is -2.43. The summed E-state index contributed by atoms with van der Waals surface area (Å²) in [7, 11) is 0. The highest BCUT2D eigenvalue weighted by molar-refractivity contribution is 5.87. The molecule has 4 heteroatoms. The molecule has 2 N–H and O–H groups in total. The van der Waals surface area contributed by atoms with E-state index in [1.807, 2.05) is 0 Å². The maximum absolute atomic E-state index is 13.7. The largest absolute Gasteiger partial charge is 0.478 e. The van der Waals surface area contributed by atoms with Crippen LogP contribution >= 0.6 is 0 Å². The van der Waals surface area contributed by atoms with Crippen molar-refractivity contribution >= 4 is 5.97 Å². The van der Waals surface area contributed by atoms with E-state index in [9.17, 15) is 9.18 Å². The van der Waals surface area contributed by atoms with Crippen molar-refractivity contribution in [3.8, 4) is 0 Å². The summed E-state index contributed by atoms with van der Waals surface area (Å²) in [5.41, 5.74) is 0.513. The number of hydrogen-bond donors (Lipinski definition) is 2. The van der Waals surface area contributed by atoms with Crippen LogP contribution in [0.4, 0.5) is 4.39 Å². The molecule has 0 aliphatic rings. The second kappa shape index (κ2) is 6.66. The summed E-state index contributed by atoms with van der Waals surface area (Å²) in [5.74, 6) is -1.40. The van der Waals surface area contributed by atoms with Crippen LogP contribution in [0, 0.1) is 5.82 Å². The van der Waals surface area contributed by atoms with Gasteiger partial charge in [-0.2, -0.15) is 0 Å². The summed E-state index contributed by atoms with van der Waals surface area (Å²) >= 11 is 0. The van der Waals surface area contributed by atoms with Crippen molar-refractivity contribution < 1.29 is 14.3 Å². The molecule has 1 rings (SSSR count). The van der Waals surface area contributed by atoms with Crippen molar-refractivity contribution in [3.05, 3.63) is 35.1 Å². The van der Waals surface area contributed by atoms with Crippen molar-refractivity contribution in [3.63, 3.8) is 0 Å². The van der Waals surface area contributed by atoms with Gasteiger partial charge in [-0.25, -0.2) is 9.18 Å². The van der Waals surface area contributed by atoms with Gasteiger partial charge in [0.1, 0.15) is 5.82 Å². The van der Waals surface area contributed by atoms with Gasteiger partial charge in [-0.15, -0.1) is 0 Å². The van der Waals surface area contributed by atoms with Crippen LogP contribution in [0.5, 0.6) is 0 Å². The predicted octanol–water partition coefficient (Wildman–Crippen LogP) is 3.58. The topological polar surface area (TPSA) is 49.3 Å². The van der Waals surface area contributed by atoms with Crippen molar-refractivity contribution in [2.75, 3.05) is 0 Å². The monoisotopic (exact) mass is 267 g/mol. The Morgan fingerprint density at radius 1 is 1.26 bits per heavy atom. The van der Waals surface area contributed by atoms with Crippen LogP contribution in [-0.4, -0.2) is 16.6 Å². The molecule has 0 radical (unpaired) electrons. The summed E-state index contributed by atoms with van der Waals surface area (Å²) in [6.45, 7) is 6.65. The number of aromatic carboxylic acids is 1. The maximum Gasteiger partial charge on any atom is 0.335 e. The van der Waals surface area contributed by atoms with Gasteiger partial charge in [0.25, 0.3) is 0 Å². The van der Waals surface area contributed by atoms with Gasteiger partial charge in [0.05, 0.1) is 5.56 Å². The van der Waals surface area contributed by atoms with Gasteiger partial charge >= 0.3 is 5.97 Å². The summed E-state index contributed by atoms with van der Waals surface area (Å²) in [6.07, 6.45) is 2.88. The number of halogens is 1. The minimum absolute atomic E-state index is 0.00827. The fraction of sp³-hybridized carbons (Fsp3) is 0.533. The molecule has 0 heterocycles. The third-order valence-electron chi connectivity index (χ3n) is 3.98. The number of carboxylic acids is 1. The third kappa shape index (κ3) is 3.77. The zero-order chi connectivity index (χ0) is 14.5. The van der Waals surface area contributed by atoms with Crippen molar-refractivity contribution in [1.29, 1.82) is 0 Å². The molecular formula is C15H22FNO2. The molecule has 0 bridgehead atoms. The molecule has 0 amide bonds. The van der Waals surface area contributed by atoms with E-state index in [-0.39, 0.29) is 16.9 Å².